The maximum absolute atomic E-state index is 12.3. The Kier molecular flexibility index (Phi) is 8.16. The first-order valence-corrected chi connectivity index (χ1v) is 9.49. The third-order valence-electron chi connectivity index (χ3n) is 4.30. The van der Waals surface area contributed by atoms with Gasteiger partial charge in [-0.1, -0.05) is 11.6 Å². The second-order valence-corrected chi connectivity index (χ2v) is 7.01. The Bertz CT molecular complexity index is 1160. The van der Waals surface area contributed by atoms with E-state index in [2.05, 4.69) is 15.5 Å². The van der Waals surface area contributed by atoms with Crippen molar-refractivity contribution in [3.8, 4) is 0 Å². The first-order chi connectivity index (χ1) is 15.9. The Hall–Kier alpha value is -4.60. The summed E-state index contributed by atoms with van der Waals surface area (Å²) in [7, 11) is 0. The van der Waals surface area contributed by atoms with Crippen LogP contribution in [0.15, 0.2) is 24.3 Å². The molecular weight excluding hydrogens is 484 g/mol. The Morgan fingerprint density at radius 3 is 2.09 bits per heavy atom. The van der Waals surface area contributed by atoms with Crippen molar-refractivity contribution >= 4 is 45.9 Å². The van der Waals surface area contributed by atoms with Crippen LogP contribution in [0.25, 0.3) is 0 Å². The third-order valence-corrected chi connectivity index (χ3v) is 4.59. The van der Waals surface area contributed by atoms with Crippen LogP contribution < -0.4 is 10.6 Å². The lowest BCUT2D eigenvalue weighted by atomic mass is 10.0. The predicted octanol–water partition coefficient (Wildman–Crippen LogP) is 2.98. The van der Waals surface area contributed by atoms with Gasteiger partial charge in [-0.3, -0.25) is 35.1 Å². The summed E-state index contributed by atoms with van der Waals surface area (Å²) in [5.74, 6) is -0.767. The van der Waals surface area contributed by atoms with Gasteiger partial charge in [0.15, 0.2) is 0 Å². The normalized spacial score (nSPS) is 10.3. The number of carbonyl (C=O) groups excluding carboxylic acids is 1. The van der Waals surface area contributed by atoms with Gasteiger partial charge in [0.2, 0.25) is 5.91 Å². The van der Waals surface area contributed by atoms with Gasteiger partial charge in [0, 0.05) is 24.7 Å². The van der Waals surface area contributed by atoms with Crippen LogP contribution in [-0.4, -0.2) is 38.9 Å². The van der Waals surface area contributed by atoms with E-state index < -0.39 is 50.2 Å². The second-order valence-electron chi connectivity index (χ2n) is 6.60. The molecule has 0 bridgehead atoms. The van der Waals surface area contributed by atoms with E-state index in [1.54, 1.807) is 0 Å². The van der Waals surface area contributed by atoms with Crippen molar-refractivity contribution in [3.63, 3.8) is 0 Å². The van der Waals surface area contributed by atoms with Gasteiger partial charge < -0.3 is 15.5 Å². The van der Waals surface area contributed by atoms with Crippen molar-refractivity contribution < 1.29 is 29.5 Å². The summed E-state index contributed by atoms with van der Waals surface area (Å²) < 4.78 is 0. The molecule has 2 N–H and O–H groups in total. The number of nitro benzene ring substituents is 3. The minimum atomic E-state index is -1.06. The Morgan fingerprint density at radius 2 is 1.56 bits per heavy atom. The zero-order valence-electron chi connectivity index (χ0n) is 17.2. The number of nitrogens with one attached hydrogen (secondary N) is 2. The molecule has 0 aliphatic carbocycles. The Labute approximate surface area is 194 Å². The SMILES string of the molecule is Cc1cc([N+](=O)[O-])cc(Cl)c1Nc1c(CC(=O)NCCO[N+](=O)[O-])cc([N+](=O)[O-])cc1[N+](=O)[O-]. The molecule has 0 aliphatic heterocycles. The molecule has 0 fully saturated rings. The molecule has 2 rings (SSSR count). The van der Waals surface area contributed by atoms with Crippen molar-refractivity contribution in [2.75, 3.05) is 18.5 Å². The first-order valence-electron chi connectivity index (χ1n) is 9.12. The summed E-state index contributed by atoms with van der Waals surface area (Å²) in [4.78, 5) is 57.9. The van der Waals surface area contributed by atoms with E-state index in [0.717, 1.165) is 18.2 Å². The standard InChI is InChI=1S/C17H15ClN6O10/c1-9-4-11(21(26)27)7-13(18)16(9)20-17-10(6-15(25)19-2-3-34-24(32)33)5-12(22(28)29)8-14(17)23(30)31/h4-5,7-8,20H,2-3,6H2,1H3,(H,19,25). The van der Waals surface area contributed by atoms with E-state index in [0.29, 0.717) is 6.07 Å². The lowest BCUT2D eigenvalue weighted by Gasteiger charge is -2.15. The summed E-state index contributed by atoms with van der Waals surface area (Å²) in [5.41, 5.74) is -1.92. The highest BCUT2D eigenvalue weighted by atomic mass is 35.5. The number of non-ortho nitro benzene ring substituents is 2. The van der Waals surface area contributed by atoms with Crippen molar-refractivity contribution in [2.45, 2.75) is 13.3 Å². The summed E-state index contributed by atoms with van der Waals surface area (Å²) in [6.45, 7) is 0.712. The van der Waals surface area contributed by atoms with Crippen molar-refractivity contribution in [1.29, 1.82) is 0 Å². The number of nitrogens with zero attached hydrogens (tertiary/aromatic N) is 4. The second kappa shape index (κ2) is 10.8. The summed E-state index contributed by atoms with van der Waals surface area (Å²) in [6, 6.07) is 3.79. The van der Waals surface area contributed by atoms with E-state index in [9.17, 15) is 45.3 Å². The fraction of sp³-hybridized carbons (Fsp3) is 0.235. The zero-order valence-corrected chi connectivity index (χ0v) is 17.9. The van der Waals surface area contributed by atoms with E-state index in [1.165, 1.54) is 6.92 Å². The third kappa shape index (κ3) is 6.45. The number of benzene rings is 2. The number of nitro groups is 3. The fourth-order valence-corrected chi connectivity index (χ4v) is 3.17. The average Bonchev–Trinajstić information content (AvgIpc) is 2.73. The number of amides is 1. The van der Waals surface area contributed by atoms with Gasteiger partial charge >= 0.3 is 0 Å². The summed E-state index contributed by atoms with van der Waals surface area (Å²) >= 11 is 6.12. The molecule has 2 aromatic carbocycles. The van der Waals surface area contributed by atoms with Gasteiger partial charge in [-0.25, -0.2) is 0 Å². The quantitative estimate of drug-likeness (QED) is 0.260. The molecular formula is C17H15ClN6O10. The van der Waals surface area contributed by atoms with Crippen LogP contribution in [-0.2, 0) is 16.1 Å². The maximum Gasteiger partial charge on any atom is 0.299 e. The van der Waals surface area contributed by atoms with E-state index in [1.807, 2.05) is 0 Å². The van der Waals surface area contributed by atoms with Crippen molar-refractivity contribution in [1.82, 2.24) is 5.32 Å². The number of hydrogen-bond acceptors (Lipinski definition) is 11. The van der Waals surface area contributed by atoms with Gasteiger partial charge in [0.05, 0.1) is 38.0 Å². The van der Waals surface area contributed by atoms with Crippen molar-refractivity contribution in [3.05, 3.63) is 80.9 Å². The largest absolute Gasteiger partial charge is 0.354 e. The maximum atomic E-state index is 12.3. The van der Waals surface area contributed by atoms with E-state index in [-0.39, 0.29) is 39.8 Å². The van der Waals surface area contributed by atoms with E-state index in [4.69, 9.17) is 11.6 Å². The molecule has 0 spiro atoms. The topological polar surface area (TPSA) is 223 Å². The number of hydrogen-bond donors (Lipinski definition) is 2. The Balaban J connectivity index is 2.50. The van der Waals surface area contributed by atoms with Crippen molar-refractivity contribution in [2.24, 2.45) is 0 Å². The molecule has 0 aliphatic rings. The highest BCUT2D eigenvalue weighted by Crippen LogP contribution is 2.39. The molecule has 0 saturated heterocycles. The lowest BCUT2D eigenvalue weighted by Crippen LogP contribution is -2.29. The fourth-order valence-electron chi connectivity index (χ4n) is 2.86. The lowest BCUT2D eigenvalue weighted by molar-refractivity contribution is -0.757. The van der Waals surface area contributed by atoms with Gasteiger partial charge in [-0.15, -0.1) is 10.1 Å². The zero-order chi connectivity index (χ0) is 25.6. The molecule has 34 heavy (non-hydrogen) atoms. The smallest absolute Gasteiger partial charge is 0.299 e. The molecule has 180 valence electrons. The molecule has 16 nitrogen and oxygen atoms in total. The number of halogens is 1. The number of anilines is 2. The summed E-state index contributed by atoms with van der Waals surface area (Å²) in [5, 5.41) is 47.8. The molecule has 0 atom stereocenters. The molecule has 0 heterocycles. The number of aryl methyl sites for hydroxylation is 1. The minimum absolute atomic E-state index is 0.0465. The predicted molar refractivity (Wildman–Crippen MR) is 116 cm³/mol. The molecule has 0 saturated carbocycles. The van der Waals surface area contributed by atoms with Crippen LogP contribution in [0.4, 0.5) is 28.4 Å². The van der Waals surface area contributed by atoms with Gasteiger partial charge in [-0.05, 0) is 18.1 Å². The van der Waals surface area contributed by atoms with E-state index >= 15 is 0 Å². The summed E-state index contributed by atoms with van der Waals surface area (Å²) in [6.07, 6.45) is -0.590. The number of carbonyl (C=O) groups is 1. The van der Waals surface area contributed by atoms with Crippen LogP contribution in [0.1, 0.15) is 11.1 Å². The molecule has 0 unspecified atom stereocenters. The molecule has 0 aromatic heterocycles. The Morgan fingerprint density at radius 1 is 0.941 bits per heavy atom. The number of rotatable bonds is 11. The average molecular weight is 499 g/mol. The first kappa shape index (κ1) is 25.7. The van der Waals surface area contributed by atoms with Crippen LogP contribution in [0.5, 0.6) is 0 Å². The monoisotopic (exact) mass is 498 g/mol. The van der Waals surface area contributed by atoms with Crippen LogP contribution in [0.2, 0.25) is 5.02 Å². The molecule has 1 amide bonds. The highest BCUT2D eigenvalue weighted by Gasteiger charge is 2.27. The molecule has 17 heteroatoms. The van der Waals surface area contributed by atoms with Gasteiger partial charge in [-0.2, -0.15) is 0 Å². The van der Waals surface area contributed by atoms with Crippen LogP contribution in [0, 0.1) is 47.4 Å². The highest BCUT2D eigenvalue weighted by molar-refractivity contribution is 6.33. The minimum Gasteiger partial charge on any atom is -0.354 e. The van der Waals surface area contributed by atoms with Gasteiger partial charge in [0.1, 0.15) is 12.3 Å². The molecule has 0 radical (unpaired) electrons. The molecule has 2 aromatic rings. The van der Waals surface area contributed by atoms with Crippen LogP contribution in [0.3, 0.4) is 0 Å². The van der Waals surface area contributed by atoms with Crippen LogP contribution >= 0.6 is 11.6 Å². The van der Waals surface area contributed by atoms with Gasteiger partial charge in [0.25, 0.3) is 22.1 Å².